The van der Waals surface area contributed by atoms with E-state index in [4.69, 9.17) is 11.6 Å². The minimum Gasteiger partial charge on any atom is -0.468 e. The summed E-state index contributed by atoms with van der Waals surface area (Å²) in [7, 11) is 1.29. The van der Waals surface area contributed by atoms with Crippen molar-refractivity contribution < 1.29 is 14.6 Å². The number of aliphatic hydroxyl groups is 1. The van der Waals surface area contributed by atoms with Crippen molar-refractivity contribution in [3.63, 3.8) is 0 Å². The summed E-state index contributed by atoms with van der Waals surface area (Å²) in [4.78, 5) is 10.8. The van der Waals surface area contributed by atoms with Gasteiger partial charge in [-0.05, 0) is 6.07 Å². The molecule has 0 bridgehead atoms. The highest BCUT2D eigenvalue weighted by Gasteiger charge is 2.07. The zero-order chi connectivity index (χ0) is 12.0. The monoisotopic (exact) mass is 238 g/mol. The lowest BCUT2D eigenvalue weighted by molar-refractivity contribution is -0.139. The molecular formula is C12H11ClO3. The maximum atomic E-state index is 10.8. The number of hydrogen-bond donors (Lipinski definition) is 1. The normalized spacial score (nSPS) is 11.2. The Labute approximate surface area is 99.0 Å². The number of benzene rings is 1. The molecule has 0 aliphatic rings. The summed E-state index contributed by atoms with van der Waals surface area (Å²) in [5.74, 6) is 4.62. The van der Waals surface area contributed by atoms with Gasteiger partial charge in [-0.2, -0.15) is 0 Å². The zero-order valence-electron chi connectivity index (χ0n) is 8.74. The van der Waals surface area contributed by atoms with Gasteiger partial charge in [-0.3, -0.25) is 4.79 Å². The Kier molecular flexibility index (Phi) is 4.84. The summed E-state index contributed by atoms with van der Waals surface area (Å²) in [5, 5.41) is 10.1. The van der Waals surface area contributed by atoms with Crippen molar-refractivity contribution in [1.29, 1.82) is 0 Å². The molecule has 0 aromatic heterocycles. The Morgan fingerprint density at radius 2 is 2.25 bits per heavy atom. The molecule has 16 heavy (non-hydrogen) atoms. The van der Waals surface area contributed by atoms with Gasteiger partial charge in [0.1, 0.15) is 12.5 Å². The van der Waals surface area contributed by atoms with E-state index >= 15 is 0 Å². The third kappa shape index (κ3) is 3.58. The van der Waals surface area contributed by atoms with Gasteiger partial charge in [-0.1, -0.05) is 41.6 Å². The molecule has 4 heteroatoms. The molecule has 1 N–H and O–H groups in total. The van der Waals surface area contributed by atoms with Crippen LogP contribution in [0.3, 0.4) is 0 Å². The summed E-state index contributed by atoms with van der Waals surface area (Å²) < 4.78 is 4.41. The van der Waals surface area contributed by atoms with Gasteiger partial charge in [-0.15, -0.1) is 0 Å². The Bertz CT molecular complexity index is 431. The molecule has 0 saturated carbocycles. The molecule has 0 amide bonds. The Morgan fingerprint density at radius 1 is 1.56 bits per heavy atom. The zero-order valence-corrected chi connectivity index (χ0v) is 9.49. The lowest BCUT2D eigenvalue weighted by Gasteiger charge is -2.05. The predicted octanol–water partition coefficient (Wildman–Crippen LogP) is 1.94. The smallest absolute Gasteiger partial charge is 0.317 e. The highest BCUT2D eigenvalue weighted by Crippen LogP contribution is 2.21. The van der Waals surface area contributed by atoms with Crippen molar-refractivity contribution >= 4 is 17.6 Å². The molecular weight excluding hydrogens is 228 g/mol. The number of aliphatic hydroxyl groups excluding tert-OH is 1. The molecule has 1 unspecified atom stereocenters. The number of esters is 1. The average molecular weight is 239 g/mol. The third-order valence-electron chi connectivity index (χ3n) is 1.90. The van der Waals surface area contributed by atoms with Crippen molar-refractivity contribution in [2.75, 3.05) is 7.11 Å². The molecule has 0 aliphatic heterocycles. The van der Waals surface area contributed by atoms with E-state index in [1.807, 2.05) is 0 Å². The topological polar surface area (TPSA) is 46.5 Å². The quantitative estimate of drug-likeness (QED) is 0.633. The molecule has 0 heterocycles. The van der Waals surface area contributed by atoms with E-state index in [9.17, 15) is 9.90 Å². The first-order valence-corrected chi connectivity index (χ1v) is 5.00. The molecule has 0 saturated heterocycles. The van der Waals surface area contributed by atoms with Crippen LogP contribution in [0, 0.1) is 11.8 Å². The standard InChI is InChI=1S/C12H11ClO3/c1-16-12(15)8-4-7-11(14)9-5-2-3-6-10(9)13/h2-3,5-6,11,14H,8H2,1H3. The number of methoxy groups -OCH3 is 1. The van der Waals surface area contributed by atoms with Crippen LogP contribution in [0.25, 0.3) is 0 Å². The number of hydrogen-bond acceptors (Lipinski definition) is 3. The highest BCUT2D eigenvalue weighted by atomic mass is 35.5. The van der Waals surface area contributed by atoms with Gasteiger partial charge >= 0.3 is 5.97 Å². The summed E-state index contributed by atoms with van der Waals surface area (Å²) in [6.07, 6.45) is -1.03. The molecule has 0 radical (unpaired) electrons. The van der Waals surface area contributed by atoms with Crippen LogP contribution in [0.2, 0.25) is 5.02 Å². The first-order chi connectivity index (χ1) is 7.65. The van der Waals surface area contributed by atoms with Crippen LogP contribution in [0.15, 0.2) is 24.3 Å². The van der Waals surface area contributed by atoms with E-state index in [-0.39, 0.29) is 6.42 Å². The number of carbonyl (C=O) groups excluding carboxylic acids is 1. The lowest BCUT2D eigenvalue weighted by atomic mass is 10.1. The molecule has 3 nitrogen and oxygen atoms in total. The molecule has 1 atom stereocenters. The minimum atomic E-state index is -0.988. The van der Waals surface area contributed by atoms with Gasteiger partial charge in [-0.25, -0.2) is 0 Å². The fraction of sp³-hybridized carbons (Fsp3) is 0.250. The molecule has 0 aliphatic carbocycles. The van der Waals surface area contributed by atoms with Gasteiger partial charge in [0.2, 0.25) is 0 Å². The molecule has 1 rings (SSSR count). The summed E-state index contributed by atoms with van der Waals surface area (Å²) in [6.45, 7) is 0. The fourth-order valence-electron chi connectivity index (χ4n) is 1.07. The van der Waals surface area contributed by atoms with Gasteiger partial charge < -0.3 is 9.84 Å². The number of rotatable bonds is 2. The number of ether oxygens (including phenoxy) is 1. The van der Waals surface area contributed by atoms with Crippen molar-refractivity contribution in [2.24, 2.45) is 0 Å². The van der Waals surface area contributed by atoms with E-state index in [1.54, 1.807) is 24.3 Å². The average Bonchev–Trinajstić information content (AvgIpc) is 2.29. The minimum absolute atomic E-state index is 0.0436. The Morgan fingerprint density at radius 3 is 2.88 bits per heavy atom. The van der Waals surface area contributed by atoms with Crippen LogP contribution in [0.4, 0.5) is 0 Å². The van der Waals surface area contributed by atoms with Crippen molar-refractivity contribution in [1.82, 2.24) is 0 Å². The second-order valence-corrected chi connectivity index (χ2v) is 3.41. The van der Waals surface area contributed by atoms with Gasteiger partial charge in [0.05, 0.1) is 7.11 Å². The van der Waals surface area contributed by atoms with E-state index in [2.05, 4.69) is 16.6 Å². The summed E-state index contributed by atoms with van der Waals surface area (Å²) in [6, 6.07) is 6.87. The largest absolute Gasteiger partial charge is 0.468 e. The Balaban J connectivity index is 2.69. The van der Waals surface area contributed by atoms with E-state index in [0.717, 1.165) is 0 Å². The van der Waals surface area contributed by atoms with E-state index in [1.165, 1.54) is 7.11 Å². The van der Waals surface area contributed by atoms with Crippen molar-refractivity contribution in [2.45, 2.75) is 12.5 Å². The van der Waals surface area contributed by atoms with Crippen molar-refractivity contribution in [3.05, 3.63) is 34.9 Å². The van der Waals surface area contributed by atoms with Crippen molar-refractivity contribution in [3.8, 4) is 11.8 Å². The fourth-order valence-corrected chi connectivity index (χ4v) is 1.31. The molecule has 1 aromatic rings. The first-order valence-electron chi connectivity index (χ1n) is 4.63. The molecule has 84 valence electrons. The third-order valence-corrected chi connectivity index (χ3v) is 2.24. The van der Waals surface area contributed by atoms with Crippen LogP contribution in [0.1, 0.15) is 18.1 Å². The predicted molar refractivity (Wildman–Crippen MR) is 60.8 cm³/mol. The maximum Gasteiger partial charge on any atom is 0.317 e. The van der Waals surface area contributed by atoms with Crippen LogP contribution in [0.5, 0.6) is 0 Å². The summed E-state index contributed by atoms with van der Waals surface area (Å²) in [5.41, 5.74) is 0.529. The first kappa shape index (κ1) is 12.6. The number of halogens is 1. The van der Waals surface area contributed by atoms with Crippen LogP contribution in [-0.4, -0.2) is 18.2 Å². The van der Waals surface area contributed by atoms with E-state index in [0.29, 0.717) is 10.6 Å². The maximum absolute atomic E-state index is 10.8. The van der Waals surface area contributed by atoms with Gasteiger partial charge in [0, 0.05) is 10.6 Å². The second-order valence-electron chi connectivity index (χ2n) is 3.00. The van der Waals surface area contributed by atoms with E-state index < -0.39 is 12.1 Å². The van der Waals surface area contributed by atoms with Crippen LogP contribution < -0.4 is 0 Å². The highest BCUT2D eigenvalue weighted by molar-refractivity contribution is 6.31. The number of carbonyl (C=O) groups is 1. The lowest BCUT2D eigenvalue weighted by Crippen LogP contribution is -1.98. The SMILES string of the molecule is COC(=O)CC#CC(O)c1ccccc1Cl. The van der Waals surface area contributed by atoms with Gasteiger partial charge in [0.15, 0.2) is 0 Å². The molecule has 0 spiro atoms. The summed E-state index contributed by atoms with van der Waals surface area (Å²) >= 11 is 5.87. The molecule has 0 fully saturated rings. The second kappa shape index (κ2) is 6.16. The van der Waals surface area contributed by atoms with Crippen LogP contribution in [-0.2, 0) is 9.53 Å². The Hall–Kier alpha value is -1.50. The van der Waals surface area contributed by atoms with Crippen LogP contribution >= 0.6 is 11.6 Å². The molecule has 1 aromatic carbocycles. The van der Waals surface area contributed by atoms with Gasteiger partial charge in [0.25, 0.3) is 0 Å².